The number of unbranched alkanes of at least 4 members (excludes halogenated alkanes) is 1. The van der Waals surface area contributed by atoms with E-state index in [0.29, 0.717) is 23.0 Å². The number of rotatable bonds is 7. The van der Waals surface area contributed by atoms with Gasteiger partial charge in [0.1, 0.15) is 0 Å². The van der Waals surface area contributed by atoms with Crippen LogP contribution < -0.4 is 10.9 Å². The van der Waals surface area contributed by atoms with Gasteiger partial charge in [-0.05, 0) is 67.8 Å². The van der Waals surface area contributed by atoms with Crippen LogP contribution in [-0.2, 0) is 6.54 Å². The summed E-state index contributed by atoms with van der Waals surface area (Å²) in [6.45, 7) is 6.74. The fraction of sp³-hybridized carbons (Fsp3) is 0.222. The van der Waals surface area contributed by atoms with Crippen LogP contribution >= 0.6 is 11.8 Å². The van der Waals surface area contributed by atoms with Gasteiger partial charge in [0.25, 0.3) is 11.5 Å². The molecular weight excluding hydrogens is 430 g/mol. The van der Waals surface area contributed by atoms with Gasteiger partial charge >= 0.3 is 0 Å². The lowest BCUT2D eigenvalue weighted by Gasteiger charge is -2.12. The Labute approximate surface area is 197 Å². The lowest BCUT2D eigenvalue weighted by Crippen LogP contribution is -2.27. The highest BCUT2D eigenvalue weighted by molar-refractivity contribution is 7.99. The van der Waals surface area contributed by atoms with E-state index in [2.05, 4.69) is 49.4 Å². The van der Waals surface area contributed by atoms with Crippen LogP contribution in [0.15, 0.2) is 81.3 Å². The molecule has 0 atom stereocenters. The number of hydrogen-bond acceptors (Lipinski definition) is 4. The van der Waals surface area contributed by atoms with Gasteiger partial charge in [-0.1, -0.05) is 55.4 Å². The van der Waals surface area contributed by atoms with Crippen molar-refractivity contribution in [2.75, 3.05) is 5.32 Å². The van der Waals surface area contributed by atoms with E-state index in [1.54, 1.807) is 23.9 Å². The number of anilines is 1. The number of hydrogen-bond donors (Lipinski definition) is 1. The zero-order valence-electron chi connectivity index (χ0n) is 19.1. The largest absolute Gasteiger partial charge is 0.321 e. The van der Waals surface area contributed by atoms with Gasteiger partial charge in [-0.2, -0.15) is 5.10 Å². The first-order valence-corrected chi connectivity index (χ1v) is 11.9. The summed E-state index contributed by atoms with van der Waals surface area (Å²) >= 11 is 1.70. The summed E-state index contributed by atoms with van der Waals surface area (Å²) in [5.74, 6) is -0.327. The number of fused-ring (bicyclic) bond motifs is 1. The van der Waals surface area contributed by atoms with Crippen molar-refractivity contribution in [2.24, 2.45) is 0 Å². The van der Waals surface area contributed by atoms with Crippen LogP contribution in [-0.4, -0.2) is 15.7 Å². The van der Waals surface area contributed by atoms with Crippen molar-refractivity contribution in [1.82, 2.24) is 9.78 Å². The van der Waals surface area contributed by atoms with Crippen molar-refractivity contribution in [3.8, 4) is 0 Å². The average Bonchev–Trinajstić information content (AvgIpc) is 2.82. The van der Waals surface area contributed by atoms with E-state index in [-0.39, 0.29) is 17.2 Å². The van der Waals surface area contributed by atoms with E-state index in [1.807, 2.05) is 36.4 Å². The Kier molecular flexibility index (Phi) is 6.94. The molecule has 1 N–H and O–H groups in total. The molecule has 0 spiro atoms. The summed E-state index contributed by atoms with van der Waals surface area (Å²) in [6.07, 6.45) is 1.76. The van der Waals surface area contributed by atoms with Crippen molar-refractivity contribution < 1.29 is 4.79 Å². The van der Waals surface area contributed by atoms with Crippen LogP contribution in [0.1, 0.15) is 41.4 Å². The Balaban J connectivity index is 1.57. The van der Waals surface area contributed by atoms with E-state index >= 15 is 0 Å². The lowest BCUT2D eigenvalue weighted by molar-refractivity contribution is 0.102. The van der Waals surface area contributed by atoms with E-state index in [9.17, 15) is 9.59 Å². The summed E-state index contributed by atoms with van der Waals surface area (Å²) < 4.78 is 1.41. The molecule has 0 unspecified atom stereocenters. The normalized spacial score (nSPS) is 11.0. The highest BCUT2D eigenvalue weighted by Crippen LogP contribution is 2.31. The molecule has 3 aromatic carbocycles. The zero-order chi connectivity index (χ0) is 23.4. The molecule has 33 heavy (non-hydrogen) atoms. The smallest absolute Gasteiger partial charge is 0.276 e. The second-order valence-corrected chi connectivity index (χ2v) is 9.24. The molecule has 6 heteroatoms. The van der Waals surface area contributed by atoms with Crippen molar-refractivity contribution >= 4 is 34.1 Å². The predicted molar refractivity (Wildman–Crippen MR) is 135 cm³/mol. The van der Waals surface area contributed by atoms with Crippen molar-refractivity contribution in [3.05, 3.63) is 93.9 Å². The van der Waals surface area contributed by atoms with Crippen molar-refractivity contribution in [3.63, 3.8) is 0 Å². The molecule has 0 radical (unpaired) electrons. The van der Waals surface area contributed by atoms with Crippen molar-refractivity contribution in [2.45, 2.75) is 49.9 Å². The number of aryl methyl sites for hydroxylation is 3. The Morgan fingerprint density at radius 2 is 1.73 bits per heavy atom. The van der Waals surface area contributed by atoms with E-state index in [0.717, 1.165) is 17.7 Å². The molecule has 1 aromatic heterocycles. The summed E-state index contributed by atoms with van der Waals surface area (Å²) in [5.41, 5.74) is 3.24. The first-order chi connectivity index (χ1) is 16.0. The molecule has 4 rings (SSSR count). The zero-order valence-corrected chi connectivity index (χ0v) is 19.9. The number of nitrogens with zero attached hydrogens (tertiary/aromatic N) is 2. The van der Waals surface area contributed by atoms with E-state index < -0.39 is 0 Å². The summed E-state index contributed by atoms with van der Waals surface area (Å²) in [5, 5.41) is 8.43. The third-order valence-electron chi connectivity index (χ3n) is 5.49. The standard InChI is InChI=1S/C27H27N3O2S/c1-4-5-16-30-27(32)23-9-7-6-8-22(23)25(29-30)26(31)28-20-12-14-21(15-13-20)33-24-17-18(2)10-11-19(24)3/h6-15,17H,4-5,16H2,1-3H3,(H,28,31). The molecular formula is C27H27N3O2S. The molecule has 0 saturated heterocycles. The second-order valence-electron chi connectivity index (χ2n) is 8.13. The number of amides is 1. The minimum Gasteiger partial charge on any atom is -0.321 e. The van der Waals surface area contributed by atoms with Gasteiger partial charge in [0, 0.05) is 27.4 Å². The molecule has 0 aliphatic heterocycles. The SMILES string of the molecule is CCCCn1nc(C(=O)Nc2ccc(Sc3cc(C)ccc3C)cc2)c2ccccc2c1=O. The predicted octanol–water partition coefficient (Wildman–Crippen LogP) is 6.22. The van der Waals surface area contributed by atoms with Gasteiger partial charge in [0.2, 0.25) is 0 Å². The topological polar surface area (TPSA) is 64.0 Å². The van der Waals surface area contributed by atoms with E-state index in [4.69, 9.17) is 0 Å². The molecule has 0 bridgehead atoms. The second kappa shape index (κ2) is 10.0. The molecule has 4 aromatic rings. The molecule has 0 saturated carbocycles. The fourth-order valence-electron chi connectivity index (χ4n) is 3.60. The molecule has 0 fully saturated rings. The molecule has 168 valence electrons. The Hall–Kier alpha value is -3.38. The first kappa shape index (κ1) is 22.8. The van der Waals surface area contributed by atoms with Crippen LogP contribution in [0.25, 0.3) is 10.8 Å². The number of aromatic nitrogens is 2. The number of carbonyl (C=O) groups excluding carboxylic acids is 1. The van der Waals surface area contributed by atoms with Gasteiger partial charge in [-0.15, -0.1) is 0 Å². The van der Waals surface area contributed by atoms with Crippen LogP contribution in [0.5, 0.6) is 0 Å². The van der Waals surface area contributed by atoms with Crippen LogP contribution in [0, 0.1) is 13.8 Å². The molecule has 5 nitrogen and oxygen atoms in total. The minimum absolute atomic E-state index is 0.164. The summed E-state index contributed by atoms with van der Waals surface area (Å²) in [6, 6.07) is 21.3. The molecule has 0 aliphatic carbocycles. The maximum atomic E-state index is 13.1. The highest BCUT2D eigenvalue weighted by atomic mass is 32.2. The molecule has 0 aliphatic rings. The van der Waals surface area contributed by atoms with Crippen molar-refractivity contribution in [1.29, 1.82) is 0 Å². The van der Waals surface area contributed by atoms with Gasteiger partial charge in [-0.25, -0.2) is 4.68 Å². The van der Waals surface area contributed by atoms with Crippen LogP contribution in [0.4, 0.5) is 5.69 Å². The molecule has 1 amide bonds. The minimum atomic E-state index is -0.327. The Morgan fingerprint density at radius 3 is 2.45 bits per heavy atom. The van der Waals surface area contributed by atoms with Crippen LogP contribution in [0.2, 0.25) is 0 Å². The van der Waals surface area contributed by atoms with E-state index in [1.165, 1.54) is 20.7 Å². The maximum Gasteiger partial charge on any atom is 0.276 e. The van der Waals surface area contributed by atoms with Crippen LogP contribution in [0.3, 0.4) is 0 Å². The lowest BCUT2D eigenvalue weighted by atomic mass is 10.1. The molecule has 1 heterocycles. The van der Waals surface area contributed by atoms with Gasteiger partial charge in [0.15, 0.2) is 5.69 Å². The Morgan fingerprint density at radius 1 is 1.00 bits per heavy atom. The summed E-state index contributed by atoms with van der Waals surface area (Å²) in [4.78, 5) is 28.2. The van der Waals surface area contributed by atoms with Gasteiger partial charge in [0.05, 0.1) is 5.39 Å². The number of carbonyl (C=O) groups is 1. The average molecular weight is 458 g/mol. The monoisotopic (exact) mass is 457 g/mol. The first-order valence-electron chi connectivity index (χ1n) is 11.1. The summed E-state index contributed by atoms with van der Waals surface area (Å²) in [7, 11) is 0. The van der Waals surface area contributed by atoms with Gasteiger partial charge in [-0.3, -0.25) is 9.59 Å². The number of benzene rings is 3. The Bertz CT molecular complexity index is 1360. The fourth-order valence-corrected chi connectivity index (χ4v) is 4.60. The third-order valence-corrected chi connectivity index (χ3v) is 6.66. The number of nitrogens with one attached hydrogen (secondary N) is 1. The maximum absolute atomic E-state index is 13.1. The van der Waals surface area contributed by atoms with Gasteiger partial charge < -0.3 is 5.32 Å². The third kappa shape index (κ3) is 5.17. The quantitative estimate of drug-likeness (QED) is 0.358. The highest BCUT2D eigenvalue weighted by Gasteiger charge is 2.17.